The number of hydrogen-bond donors (Lipinski definition) is 0. The SMILES string of the molecule is COc1ccc2c(c1)C=C[C@@H]1[C@@H]3C(=O)N(C4CCCCC4)C(=O)[C@@H]3[C@@H](C(=O)C(C)(C)C)N21. The molecule has 0 aromatic heterocycles. The van der Waals surface area contributed by atoms with Crippen LogP contribution in [0.4, 0.5) is 5.69 Å². The lowest BCUT2D eigenvalue weighted by Gasteiger charge is -2.39. The van der Waals surface area contributed by atoms with Crippen LogP contribution in [0.25, 0.3) is 6.08 Å². The van der Waals surface area contributed by atoms with Crippen molar-refractivity contribution >= 4 is 29.4 Å². The van der Waals surface area contributed by atoms with Crippen molar-refractivity contribution in [3.63, 3.8) is 0 Å². The number of likely N-dealkylation sites (tertiary alicyclic amines) is 1. The molecule has 3 aliphatic heterocycles. The van der Waals surface area contributed by atoms with Gasteiger partial charge in [-0.25, -0.2) is 0 Å². The fourth-order valence-electron chi connectivity index (χ4n) is 6.14. The van der Waals surface area contributed by atoms with Crippen molar-refractivity contribution in [3.8, 4) is 5.75 Å². The molecule has 1 aromatic carbocycles. The first-order valence-corrected chi connectivity index (χ1v) is 11.8. The largest absolute Gasteiger partial charge is 0.497 e. The van der Waals surface area contributed by atoms with Crippen molar-refractivity contribution in [3.05, 3.63) is 29.8 Å². The maximum absolute atomic E-state index is 13.8. The summed E-state index contributed by atoms with van der Waals surface area (Å²) in [5.41, 5.74) is 1.20. The zero-order chi connectivity index (χ0) is 22.8. The van der Waals surface area contributed by atoms with Gasteiger partial charge in [0.15, 0.2) is 5.78 Å². The van der Waals surface area contributed by atoms with Crippen LogP contribution in [0.2, 0.25) is 0 Å². The summed E-state index contributed by atoms with van der Waals surface area (Å²) in [6.07, 6.45) is 9.01. The monoisotopic (exact) mass is 436 g/mol. The molecule has 2 amide bonds. The maximum atomic E-state index is 13.8. The minimum atomic E-state index is -0.646. The van der Waals surface area contributed by atoms with E-state index in [1.165, 1.54) is 0 Å². The topological polar surface area (TPSA) is 66.9 Å². The number of fused-ring (bicyclic) bond motifs is 5. The van der Waals surface area contributed by atoms with Crippen LogP contribution in [0.3, 0.4) is 0 Å². The number of carbonyl (C=O) groups is 3. The highest BCUT2D eigenvalue weighted by molar-refractivity contribution is 6.12. The first-order valence-electron chi connectivity index (χ1n) is 11.8. The van der Waals surface area contributed by atoms with Gasteiger partial charge in [0.1, 0.15) is 11.8 Å². The number of nitrogens with zero attached hydrogens (tertiary/aromatic N) is 2. The van der Waals surface area contributed by atoms with E-state index in [9.17, 15) is 14.4 Å². The van der Waals surface area contributed by atoms with Crippen LogP contribution < -0.4 is 9.64 Å². The van der Waals surface area contributed by atoms with E-state index in [4.69, 9.17) is 4.74 Å². The molecule has 1 saturated carbocycles. The number of Topliss-reactive ketones (excluding diaryl/α,β-unsaturated/α-hetero) is 1. The van der Waals surface area contributed by atoms with E-state index in [0.29, 0.717) is 0 Å². The molecule has 0 unspecified atom stereocenters. The van der Waals surface area contributed by atoms with Crippen LogP contribution in [-0.4, -0.2) is 47.7 Å². The minimum Gasteiger partial charge on any atom is -0.497 e. The average Bonchev–Trinajstić information content (AvgIpc) is 3.25. The molecule has 2 saturated heterocycles. The smallest absolute Gasteiger partial charge is 0.236 e. The van der Waals surface area contributed by atoms with E-state index in [0.717, 1.165) is 49.1 Å². The van der Waals surface area contributed by atoms with Crippen molar-refractivity contribution in [2.45, 2.75) is 71.0 Å². The van der Waals surface area contributed by atoms with Crippen molar-refractivity contribution in [2.24, 2.45) is 17.3 Å². The van der Waals surface area contributed by atoms with E-state index in [1.807, 2.05) is 56.0 Å². The zero-order valence-corrected chi connectivity index (χ0v) is 19.3. The number of amides is 2. The Kier molecular flexibility index (Phi) is 4.95. The highest BCUT2D eigenvalue weighted by Gasteiger charge is 2.65. The molecule has 3 heterocycles. The van der Waals surface area contributed by atoms with E-state index in [1.54, 1.807) is 12.0 Å². The molecule has 0 radical (unpaired) electrons. The maximum Gasteiger partial charge on any atom is 0.236 e. The summed E-state index contributed by atoms with van der Waals surface area (Å²) >= 11 is 0. The molecule has 1 aliphatic carbocycles. The number of rotatable bonds is 3. The quantitative estimate of drug-likeness (QED) is 0.674. The normalized spacial score (nSPS) is 29.8. The number of hydrogen-bond acceptors (Lipinski definition) is 5. The molecule has 6 heteroatoms. The Morgan fingerprint density at radius 2 is 1.72 bits per heavy atom. The van der Waals surface area contributed by atoms with E-state index >= 15 is 0 Å². The van der Waals surface area contributed by atoms with Crippen LogP contribution in [0.15, 0.2) is 24.3 Å². The lowest BCUT2D eigenvalue weighted by Crippen LogP contribution is -2.53. The summed E-state index contributed by atoms with van der Waals surface area (Å²) < 4.78 is 5.38. The second-order valence-electron chi connectivity index (χ2n) is 10.6. The number of benzene rings is 1. The predicted molar refractivity (Wildman–Crippen MR) is 122 cm³/mol. The minimum absolute atomic E-state index is 0.0127. The summed E-state index contributed by atoms with van der Waals surface area (Å²) in [6.45, 7) is 5.69. The van der Waals surface area contributed by atoms with Gasteiger partial charge in [0.25, 0.3) is 0 Å². The Morgan fingerprint density at radius 1 is 1.03 bits per heavy atom. The van der Waals surface area contributed by atoms with Gasteiger partial charge in [0, 0.05) is 22.7 Å². The van der Waals surface area contributed by atoms with Crippen LogP contribution >= 0.6 is 0 Å². The highest BCUT2D eigenvalue weighted by atomic mass is 16.5. The summed E-state index contributed by atoms with van der Waals surface area (Å²) in [5, 5.41) is 0. The van der Waals surface area contributed by atoms with Crippen molar-refractivity contribution < 1.29 is 19.1 Å². The molecular formula is C26H32N2O4. The summed E-state index contributed by atoms with van der Waals surface area (Å²) in [4.78, 5) is 44.8. The zero-order valence-electron chi connectivity index (χ0n) is 19.3. The fourth-order valence-corrected chi connectivity index (χ4v) is 6.14. The fraction of sp³-hybridized carbons (Fsp3) is 0.577. The first-order chi connectivity index (χ1) is 15.2. The van der Waals surface area contributed by atoms with Crippen LogP contribution in [0.5, 0.6) is 5.75 Å². The number of ketones is 1. The van der Waals surface area contributed by atoms with Crippen LogP contribution in [-0.2, 0) is 14.4 Å². The number of ether oxygens (including phenoxy) is 1. The Labute approximate surface area is 189 Å². The second-order valence-corrected chi connectivity index (χ2v) is 10.6. The predicted octanol–water partition coefficient (Wildman–Crippen LogP) is 3.83. The molecule has 0 N–H and O–H groups in total. The molecule has 32 heavy (non-hydrogen) atoms. The summed E-state index contributed by atoms with van der Waals surface area (Å²) in [7, 11) is 1.63. The van der Waals surface area contributed by atoms with Crippen LogP contribution in [0, 0.1) is 17.3 Å². The Hall–Kier alpha value is -2.63. The number of anilines is 1. The van der Waals surface area contributed by atoms with Crippen LogP contribution in [0.1, 0.15) is 58.4 Å². The van der Waals surface area contributed by atoms with Gasteiger partial charge in [-0.15, -0.1) is 0 Å². The first kappa shape index (κ1) is 21.2. The van der Waals surface area contributed by atoms with E-state index in [2.05, 4.69) is 0 Å². The summed E-state index contributed by atoms with van der Waals surface area (Å²) in [6, 6.07) is 4.81. The van der Waals surface area contributed by atoms with Gasteiger partial charge in [0.2, 0.25) is 11.8 Å². The molecule has 1 aromatic rings. The number of methoxy groups -OCH3 is 1. The molecule has 6 nitrogen and oxygen atoms in total. The molecular weight excluding hydrogens is 404 g/mol. The Bertz CT molecular complexity index is 1000. The van der Waals surface area contributed by atoms with Gasteiger partial charge in [-0.2, -0.15) is 0 Å². The van der Waals surface area contributed by atoms with Gasteiger partial charge >= 0.3 is 0 Å². The molecule has 170 valence electrons. The molecule has 3 fully saturated rings. The molecule has 4 aliphatic rings. The van der Waals surface area contributed by atoms with Gasteiger partial charge in [-0.3, -0.25) is 19.3 Å². The van der Waals surface area contributed by atoms with Crippen molar-refractivity contribution in [1.82, 2.24) is 4.90 Å². The third kappa shape index (κ3) is 3.02. The lowest BCUT2D eigenvalue weighted by atomic mass is 9.79. The Morgan fingerprint density at radius 3 is 2.38 bits per heavy atom. The second kappa shape index (κ2) is 7.46. The highest BCUT2D eigenvalue weighted by Crippen LogP contribution is 2.51. The van der Waals surface area contributed by atoms with Crippen molar-refractivity contribution in [1.29, 1.82) is 0 Å². The van der Waals surface area contributed by atoms with Crippen molar-refractivity contribution in [2.75, 3.05) is 12.0 Å². The molecule has 4 atom stereocenters. The van der Waals surface area contributed by atoms with Gasteiger partial charge in [-0.1, -0.05) is 52.2 Å². The van der Waals surface area contributed by atoms with Gasteiger partial charge < -0.3 is 9.64 Å². The van der Waals surface area contributed by atoms with E-state index in [-0.39, 0.29) is 29.7 Å². The third-order valence-corrected chi connectivity index (χ3v) is 7.69. The summed E-state index contributed by atoms with van der Waals surface area (Å²) in [5.74, 6) is -0.620. The number of carbonyl (C=O) groups excluding carboxylic acids is 3. The third-order valence-electron chi connectivity index (χ3n) is 7.69. The standard InChI is InChI=1S/C26H32N2O4/c1-26(2,3)23(29)22-21-20(24(30)27(25(21)31)16-8-6-5-7-9-16)19-12-10-15-14-17(32-4)11-13-18(15)28(19)22/h10-14,16,19-22H,5-9H2,1-4H3/t19-,20+,21+,22+/m1/s1. The lowest BCUT2D eigenvalue weighted by molar-refractivity contribution is -0.145. The molecule has 0 bridgehead atoms. The van der Waals surface area contributed by atoms with Gasteiger partial charge in [-0.05, 0) is 31.0 Å². The van der Waals surface area contributed by atoms with Gasteiger partial charge in [0.05, 0.1) is 25.0 Å². The van der Waals surface area contributed by atoms with E-state index < -0.39 is 23.3 Å². The molecule has 0 spiro atoms. The molecule has 5 rings (SSSR count). The average molecular weight is 437 g/mol. The Balaban J connectivity index is 1.60. The number of imide groups is 1.